The van der Waals surface area contributed by atoms with Crippen LogP contribution < -0.4 is 4.90 Å². The number of pyridine rings is 1. The summed E-state index contributed by atoms with van der Waals surface area (Å²) in [6.07, 6.45) is 1.80. The third-order valence-electron chi connectivity index (χ3n) is 3.10. The summed E-state index contributed by atoms with van der Waals surface area (Å²) in [6.45, 7) is 3.32. The van der Waals surface area contributed by atoms with Gasteiger partial charge in [0.05, 0.1) is 13.2 Å². The Bertz CT molecular complexity index is 507. The highest BCUT2D eigenvalue weighted by Crippen LogP contribution is 2.28. The van der Waals surface area contributed by atoms with E-state index in [-0.39, 0.29) is 0 Å². The first-order valence-corrected chi connectivity index (χ1v) is 6.20. The molecule has 1 aliphatic rings. The molecule has 1 saturated heterocycles. The van der Waals surface area contributed by atoms with Crippen LogP contribution in [0.5, 0.6) is 0 Å². The average molecular weight is 239 g/mol. The van der Waals surface area contributed by atoms with E-state index in [1.165, 1.54) is 0 Å². The maximum Gasteiger partial charge on any atom is 0.137 e. The second kappa shape index (κ2) is 5.19. The zero-order valence-corrected chi connectivity index (χ0v) is 10.2. The topological polar surface area (TPSA) is 25.4 Å². The van der Waals surface area contributed by atoms with Crippen molar-refractivity contribution < 1.29 is 4.74 Å². The summed E-state index contributed by atoms with van der Waals surface area (Å²) in [5.74, 6) is 1.01. The molecule has 1 aromatic carbocycles. The number of nitrogens with zero attached hydrogens (tertiary/aromatic N) is 2. The van der Waals surface area contributed by atoms with Crippen molar-refractivity contribution in [1.29, 1.82) is 0 Å². The first kappa shape index (κ1) is 11.2. The standard InChI is InChI=1S/C15H15N2O/c1-2-5-13(6-3-1)14-7-4-8-16-15(14)17-9-11-18-12-10-17/h1-6,8H,9-12H2. The SMILES string of the molecule is [c]1ccnc(N2CCOCC2)c1-c1ccccc1. The second-order valence-corrected chi connectivity index (χ2v) is 4.25. The first-order valence-electron chi connectivity index (χ1n) is 6.20. The summed E-state index contributed by atoms with van der Waals surface area (Å²) < 4.78 is 5.39. The highest BCUT2D eigenvalue weighted by Gasteiger charge is 2.16. The van der Waals surface area contributed by atoms with Gasteiger partial charge in [-0.3, -0.25) is 0 Å². The van der Waals surface area contributed by atoms with Gasteiger partial charge in [-0.15, -0.1) is 0 Å². The van der Waals surface area contributed by atoms with Crippen LogP contribution in [0.25, 0.3) is 11.1 Å². The molecule has 2 aromatic rings. The number of aromatic nitrogens is 1. The normalized spacial score (nSPS) is 15.7. The van der Waals surface area contributed by atoms with E-state index in [1.807, 2.05) is 24.3 Å². The van der Waals surface area contributed by atoms with E-state index in [4.69, 9.17) is 4.74 Å². The molecule has 0 atom stereocenters. The van der Waals surface area contributed by atoms with Crippen LogP contribution in [0.15, 0.2) is 42.6 Å². The number of morpholine rings is 1. The minimum Gasteiger partial charge on any atom is -0.378 e. The van der Waals surface area contributed by atoms with Gasteiger partial charge in [0.1, 0.15) is 5.82 Å². The Labute approximate surface area is 107 Å². The van der Waals surface area contributed by atoms with Crippen LogP contribution in [0.3, 0.4) is 0 Å². The van der Waals surface area contributed by atoms with Gasteiger partial charge in [0.15, 0.2) is 0 Å². The molecule has 3 heteroatoms. The smallest absolute Gasteiger partial charge is 0.137 e. The molecule has 0 N–H and O–H groups in total. The Morgan fingerprint density at radius 1 is 1.11 bits per heavy atom. The van der Waals surface area contributed by atoms with Gasteiger partial charge in [0.25, 0.3) is 0 Å². The number of hydrogen-bond donors (Lipinski definition) is 0. The quantitative estimate of drug-likeness (QED) is 0.804. The lowest BCUT2D eigenvalue weighted by Gasteiger charge is -2.29. The fourth-order valence-electron chi connectivity index (χ4n) is 2.19. The van der Waals surface area contributed by atoms with Crippen molar-refractivity contribution in [3.8, 4) is 11.1 Å². The maximum atomic E-state index is 5.39. The van der Waals surface area contributed by atoms with Gasteiger partial charge in [-0.25, -0.2) is 4.98 Å². The van der Waals surface area contributed by atoms with Crippen LogP contribution in [0, 0.1) is 6.07 Å². The molecular weight excluding hydrogens is 224 g/mol. The Morgan fingerprint density at radius 3 is 2.67 bits per heavy atom. The second-order valence-electron chi connectivity index (χ2n) is 4.25. The van der Waals surface area contributed by atoms with Crippen LogP contribution in [0.1, 0.15) is 0 Å². The van der Waals surface area contributed by atoms with Crippen LogP contribution >= 0.6 is 0 Å². The Kier molecular flexibility index (Phi) is 3.24. The molecule has 1 radical (unpaired) electrons. The lowest BCUT2D eigenvalue weighted by Crippen LogP contribution is -2.37. The van der Waals surface area contributed by atoms with Crippen LogP contribution in [-0.4, -0.2) is 31.3 Å². The van der Waals surface area contributed by atoms with E-state index in [2.05, 4.69) is 28.1 Å². The molecular formula is C15H15N2O. The molecule has 0 spiro atoms. The molecule has 3 rings (SSSR count). The summed E-state index contributed by atoms with van der Waals surface area (Å²) in [5, 5.41) is 0. The van der Waals surface area contributed by atoms with E-state index in [0.29, 0.717) is 0 Å². The maximum absolute atomic E-state index is 5.39. The van der Waals surface area contributed by atoms with E-state index in [1.54, 1.807) is 6.20 Å². The molecule has 0 amide bonds. The summed E-state index contributed by atoms with van der Waals surface area (Å²) in [5.41, 5.74) is 2.23. The number of ether oxygens (including phenoxy) is 1. The minimum absolute atomic E-state index is 0.769. The molecule has 2 heterocycles. The minimum atomic E-state index is 0.769. The van der Waals surface area contributed by atoms with E-state index < -0.39 is 0 Å². The lowest BCUT2D eigenvalue weighted by atomic mass is 10.1. The van der Waals surface area contributed by atoms with Gasteiger partial charge in [-0.2, -0.15) is 0 Å². The van der Waals surface area contributed by atoms with E-state index >= 15 is 0 Å². The first-order chi connectivity index (χ1) is 8.95. The molecule has 18 heavy (non-hydrogen) atoms. The molecule has 1 aliphatic heterocycles. The Balaban J connectivity index is 1.99. The van der Waals surface area contributed by atoms with E-state index in [9.17, 15) is 0 Å². The summed E-state index contributed by atoms with van der Waals surface area (Å²) >= 11 is 0. The fraction of sp³-hybridized carbons (Fsp3) is 0.267. The van der Waals surface area contributed by atoms with Crippen molar-refractivity contribution >= 4 is 5.82 Å². The third kappa shape index (κ3) is 2.22. The third-order valence-corrected chi connectivity index (χ3v) is 3.10. The van der Waals surface area contributed by atoms with Crippen molar-refractivity contribution in [3.05, 3.63) is 48.7 Å². The molecule has 1 fully saturated rings. The Hall–Kier alpha value is -1.87. The van der Waals surface area contributed by atoms with E-state index in [0.717, 1.165) is 43.2 Å². The van der Waals surface area contributed by atoms with Crippen molar-refractivity contribution in [2.45, 2.75) is 0 Å². The largest absolute Gasteiger partial charge is 0.378 e. The summed E-state index contributed by atoms with van der Waals surface area (Å²) in [7, 11) is 0. The van der Waals surface area contributed by atoms with Gasteiger partial charge in [-0.1, -0.05) is 30.3 Å². The number of hydrogen-bond acceptors (Lipinski definition) is 3. The van der Waals surface area contributed by atoms with Crippen molar-refractivity contribution in [2.75, 3.05) is 31.2 Å². The molecule has 0 unspecified atom stereocenters. The highest BCUT2D eigenvalue weighted by atomic mass is 16.5. The van der Waals surface area contributed by atoms with Crippen molar-refractivity contribution in [1.82, 2.24) is 4.98 Å². The average Bonchev–Trinajstić information content (AvgIpc) is 2.49. The van der Waals surface area contributed by atoms with Gasteiger partial charge in [0, 0.05) is 24.8 Å². The predicted molar refractivity (Wildman–Crippen MR) is 71.5 cm³/mol. The molecule has 0 bridgehead atoms. The molecule has 0 saturated carbocycles. The molecule has 91 valence electrons. The highest BCUT2D eigenvalue weighted by molar-refractivity contribution is 5.75. The van der Waals surface area contributed by atoms with Crippen LogP contribution in [0.2, 0.25) is 0 Å². The molecule has 0 aliphatic carbocycles. The molecule has 1 aromatic heterocycles. The predicted octanol–water partition coefficient (Wildman–Crippen LogP) is 2.39. The van der Waals surface area contributed by atoms with Crippen molar-refractivity contribution in [2.24, 2.45) is 0 Å². The summed E-state index contributed by atoms with van der Waals surface area (Å²) in [6, 6.07) is 15.5. The molecule has 3 nitrogen and oxygen atoms in total. The van der Waals surface area contributed by atoms with Crippen molar-refractivity contribution in [3.63, 3.8) is 0 Å². The lowest BCUT2D eigenvalue weighted by molar-refractivity contribution is 0.122. The Morgan fingerprint density at radius 2 is 1.89 bits per heavy atom. The monoisotopic (exact) mass is 239 g/mol. The number of rotatable bonds is 2. The summed E-state index contributed by atoms with van der Waals surface area (Å²) in [4.78, 5) is 6.78. The van der Waals surface area contributed by atoms with Gasteiger partial charge < -0.3 is 9.64 Å². The fourth-order valence-corrected chi connectivity index (χ4v) is 2.19. The zero-order valence-electron chi connectivity index (χ0n) is 10.2. The van der Waals surface area contributed by atoms with Crippen LogP contribution in [0.4, 0.5) is 5.82 Å². The van der Waals surface area contributed by atoms with Crippen LogP contribution in [-0.2, 0) is 4.74 Å². The number of benzene rings is 1. The van der Waals surface area contributed by atoms with Gasteiger partial charge >= 0.3 is 0 Å². The van der Waals surface area contributed by atoms with Gasteiger partial charge in [0.2, 0.25) is 0 Å². The zero-order chi connectivity index (χ0) is 12.2. The van der Waals surface area contributed by atoms with Gasteiger partial charge in [-0.05, 0) is 17.7 Å². The number of anilines is 1.